The van der Waals surface area contributed by atoms with E-state index in [-0.39, 0.29) is 5.91 Å². The zero-order valence-electron chi connectivity index (χ0n) is 11.5. The van der Waals surface area contributed by atoms with E-state index in [0.29, 0.717) is 24.7 Å². The van der Waals surface area contributed by atoms with Gasteiger partial charge in [-0.05, 0) is 24.5 Å². The fourth-order valence-corrected chi connectivity index (χ4v) is 1.43. The van der Waals surface area contributed by atoms with Gasteiger partial charge in [-0.15, -0.1) is 0 Å². The second-order valence-corrected chi connectivity index (χ2v) is 4.95. The van der Waals surface area contributed by atoms with Crippen LogP contribution in [0.2, 0.25) is 0 Å². The molecular formula is C13H22N4O. The fraction of sp³-hybridized carbons (Fsp3) is 0.538. The summed E-state index contributed by atoms with van der Waals surface area (Å²) in [5.74, 6) is 1.21. The van der Waals surface area contributed by atoms with Gasteiger partial charge in [-0.3, -0.25) is 4.79 Å². The minimum atomic E-state index is 0.00229. The largest absolute Gasteiger partial charge is 0.397 e. The maximum atomic E-state index is 11.7. The van der Waals surface area contributed by atoms with Gasteiger partial charge < -0.3 is 16.0 Å². The van der Waals surface area contributed by atoms with Gasteiger partial charge in [0.25, 0.3) is 0 Å². The lowest BCUT2D eigenvalue weighted by molar-refractivity contribution is -0.119. The Morgan fingerprint density at radius 2 is 2.22 bits per heavy atom. The van der Waals surface area contributed by atoms with Gasteiger partial charge in [-0.25, -0.2) is 4.98 Å². The van der Waals surface area contributed by atoms with Crippen LogP contribution in [0.3, 0.4) is 0 Å². The Hall–Kier alpha value is -1.78. The van der Waals surface area contributed by atoms with Gasteiger partial charge >= 0.3 is 0 Å². The molecule has 0 unspecified atom stereocenters. The molecule has 1 rings (SSSR count). The smallest absolute Gasteiger partial charge is 0.239 e. The number of anilines is 2. The first-order valence-corrected chi connectivity index (χ1v) is 6.10. The zero-order chi connectivity index (χ0) is 13.7. The molecule has 0 aliphatic carbocycles. The zero-order valence-corrected chi connectivity index (χ0v) is 11.5. The predicted octanol–water partition coefficient (Wildman–Crippen LogP) is 1.18. The number of nitrogens with one attached hydrogen (secondary N) is 1. The molecule has 5 heteroatoms. The molecule has 0 aromatic carbocycles. The summed E-state index contributed by atoms with van der Waals surface area (Å²) in [6.07, 6.45) is 1.62. The summed E-state index contributed by atoms with van der Waals surface area (Å²) in [6.45, 7) is 7.04. The molecule has 0 aliphatic rings. The summed E-state index contributed by atoms with van der Waals surface area (Å²) in [5, 5.41) is 2.88. The molecule has 100 valence electrons. The van der Waals surface area contributed by atoms with Crippen molar-refractivity contribution in [3.63, 3.8) is 0 Å². The summed E-state index contributed by atoms with van der Waals surface area (Å²) in [4.78, 5) is 17.7. The minimum absolute atomic E-state index is 0.00229. The van der Waals surface area contributed by atoms with Gasteiger partial charge in [0.15, 0.2) is 0 Å². The van der Waals surface area contributed by atoms with Crippen LogP contribution in [0.5, 0.6) is 0 Å². The van der Waals surface area contributed by atoms with Crippen LogP contribution in [-0.2, 0) is 4.79 Å². The van der Waals surface area contributed by atoms with Crippen LogP contribution in [0.4, 0.5) is 11.5 Å². The van der Waals surface area contributed by atoms with Gasteiger partial charge in [0.1, 0.15) is 5.82 Å². The number of nitrogens with zero attached hydrogens (tertiary/aromatic N) is 2. The average molecular weight is 250 g/mol. The molecule has 0 saturated heterocycles. The van der Waals surface area contributed by atoms with Crippen LogP contribution in [0, 0.1) is 12.8 Å². The number of nitrogen functional groups attached to an aromatic ring is 1. The van der Waals surface area contributed by atoms with E-state index in [0.717, 1.165) is 11.4 Å². The Morgan fingerprint density at radius 3 is 2.78 bits per heavy atom. The molecule has 1 heterocycles. The van der Waals surface area contributed by atoms with Gasteiger partial charge in [0.05, 0.1) is 18.4 Å². The number of likely N-dealkylation sites (N-methyl/N-ethyl adjacent to an activating group) is 1. The van der Waals surface area contributed by atoms with Crippen LogP contribution >= 0.6 is 0 Å². The van der Waals surface area contributed by atoms with Gasteiger partial charge in [-0.1, -0.05) is 13.8 Å². The Bertz CT molecular complexity index is 417. The molecule has 18 heavy (non-hydrogen) atoms. The molecule has 0 radical (unpaired) electrons. The number of aryl methyl sites for hydroxylation is 1. The van der Waals surface area contributed by atoms with Crippen molar-refractivity contribution >= 4 is 17.4 Å². The molecule has 0 fully saturated rings. The quantitative estimate of drug-likeness (QED) is 0.823. The number of carbonyl (C=O) groups is 1. The number of rotatable bonds is 5. The van der Waals surface area contributed by atoms with Crippen molar-refractivity contribution < 1.29 is 4.79 Å². The third kappa shape index (κ3) is 4.24. The minimum Gasteiger partial charge on any atom is -0.397 e. The maximum absolute atomic E-state index is 11.7. The number of amides is 1. The fourth-order valence-electron chi connectivity index (χ4n) is 1.43. The average Bonchev–Trinajstić information content (AvgIpc) is 2.30. The first-order chi connectivity index (χ1) is 8.40. The van der Waals surface area contributed by atoms with Crippen molar-refractivity contribution in [3.05, 3.63) is 17.8 Å². The summed E-state index contributed by atoms with van der Waals surface area (Å²) < 4.78 is 0. The second kappa shape index (κ2) is 6.23. The molecule has 3 N–H and O–H groups in total. The summed E-state index contributed by atoms with van der Waals surface area (Å²) in [5.41, 5.74) is 7.34. The third-order valence-electron chi connectivity index (χ3n) is 2.62. The van der Waals surface area contributed by atoms with E-state index in [9.17, 15) is 4.79 Å². The van der Waals surface area contributed by atoms with E-state index >= 15 is 0 Å². The van der Waals surface area contributed by atoms with Crippen LogP contribution in [0.1, 0.15) is 19.4 Å². The Balaban J connectivity index is 2.56. The van der Waals surface area contributed by atoms with E-state index in [1.54, 1.807) is 6.20 Å². The predicted molar refractivity (Wildman–Crippen MR) is 74.5 cm³/mol. The molecule has 1 amide bonds. The Kier molecular flexibility index (Phi) is 4.95. The van der Waals surface area contributed by atoms with Crippen molar-refractivity contribution in [1.29, 1.82) is 0 Å². The summed E-state index contributed by atoms with van der Waals surface area (Å²) in [7, 11) is 1.84. The van der Waals surface area contributed by atoms with Crippen LogP contribution < -0.4 is 16.0 Å². The number of hydrogen-bond acceptors (Lipinski definition) is 4. The second-order valence-electron chi connectivity index (χ2n) is 4.95. The van der Waals surface area contributed by atoms with Crippen molar-refractivity contribution in [3.8, 4) is 0 Å². The van der Waals surface area contributed by atoms with Crippen molar-refractivity contribution in [2.45, 2.75) is 20.8 Å². The lowest BCUT2D eigenvalue weighted by Gasteiger charge is -2.18. The lowest BCUT2D eigenvalue weighted by atomic mass is 10.2. The number of aromatic nitrogens is 1. The van der Waals surface area contributed by atoms with E-state index in [2.05, 4.69) is 24.1 Å². The molecular weight excluding hydrogens is 228 g/mol. The normalized spacial score (nSPS) is 10.5. The van der Waals surface area contributed by atoms with E-state index < -0.39 is 0 Å². The van der Waals surface area contributed by atoms with Gasteiger partial charge in [-0.2, -0.15) is 0 Å². The number of pyridine rings is 1. The number of nitrogens with two attached hydrogens (primary N) is 1. The molecule has 0 bridgehead atoms. The molecule has 0 atom stereocenters. The van der Waals surface area contributed by atoms with Gasteiger partial charge in [0.2, 0.25) is 5.91 Å². The van der Waals surface area contributed by atoms with Crippen LogP contribution in [0.15, 0.2) is 12.3 Å². The van der Waals surface area contributed by atoms with Crippen molar-refractivity contribution in [2.24, 2.45) is 5.92 Å². The number of carbonyl (C=O) groups excluding carboxylic acids is 1. The standard InChI is InChI=1S/C13H22N4O/c1-9(2)6-16-13(18)8-17(4)12-5-10(3)11(14)7-15-12/h5,7,9H,6,8,14H2,1-4H3,(H,16,18). The van der Waals surface area contributed by atoms with E-state index in [1.165, 1.54) is 0 Å². The SMILES string of the molecule is Cc1cc(N(C)CC(=O)NCC(C)C)ncc1N. The monoisotopic (exact) mass is 250 g/mol. The van der Waals surface area contributed by atoms with E-state index in [1.807, 2.05) is 24.9 Å². The topological polar surface area (TPSA) is 71.2 Å². The highest BCUT2D eigenvalue weighted by Crippen LogP contribution is 2.15. The van der Waals surface area contributed by atoms with Crippen molar-refractivity contribution in [1.82, 2.24) is 10.3 Å². The van der Waals surface area contributed by atoms with Crippen molar-refractivity contribution in [2.75, 3.05) is 30.8 Å². The number of hydrogen-bond donors (Lipinski definition) is 2. The molecule has 1 aromatic heterocycles. The molecule has 0 aliphatic heterocycles. The Labute approximate surface area is 108 Å². The molecule has 1 aromatic rings. The Morgan fingerprint density at radius 1 is 1.56 bits per heavy atom. The molecule has 0 saturated carbocycles. The first-order valence-electron chi connectivity index (χ1n) is 6.10. The summed E-state index contributed by atoms with van der Waals surface area (Å²) in [6, 6.07) is 1.88. The molecule has 5 nitrogen and oxygen atoms in total. The summed E-state index contributed by atoms with van der Waals surface area (Å²) >= 11 is 0. The third-order valence-corrected chi connectivity index (χ3v) is 2.62. The molecule has 0 spiro atoms. The van der Waals surface area contributed by atoms with Crippen LogP contribution in [-0.4, -0.2) is 31.0 Å². The first kappa shape index (κ1) is 14.3. The highest BCUT2D eigenvalue weighted by molar-refractivity contribution is 5.80. The lowest BCUT2D eigenvalue weighted by Crippen LogP contribution is -2.37. The highest BCUT2D eigenvalue weighted by Gasteiger charge is 2.09. The maximum Gasteiger partial charge on any atom is 0.239 e. The van der Waals surface area contributed by atoms with E-state index in [4.69, 9.17) is 5.73 Å². The highest BCUT2D eigenvalue weighted by atomic mass is 16.2. The van der Waals surface area contributed by atoms with Gasteiger partial charge in [0, 0.05) is 13.6 Å². The van der Waals surface area contributed by atoms with Crippen LogP contribution in [0.25, 0.3) is 0 Å².